The Kier molecular flexibility index (Phi) is 7.36. The highest BCUT2D eigenvalue weighted by molar-refractivity contribution is 7.13. The Bertz CT molecular complexity index is 1010. The minimum absolute atomic E-state index is 0.112. The van der Waals surface area contributed by atoms with E-state index in [4.69, 9.17) is 0 Å². The van der Waals surface area contributed by atoms with E-state index in [1.165, 1.54) is 11.3 Å². The molecule has 2 N–H and O–H groups in total. The summed E-state index contributed by atoms with van der Waals surface area (Å²) in [6.07, 6.45) is 3.09. The Morgan fingerprint density at radius 3 is 2.57 bits per heavy atom. The van der Waals surface area contributed by atoms with Crippen molar-refractivity contribution in [2.45, 2.75) is 46.1 Å². The van der Waals surface area contributed by atoms with Gasteiger partial charge in [-0.1, -0.05) is 43.7 Å². The number of anilines is 1. The van der Waals surface area contributed by atoms with Crippen molar-refractivity contribution in [2.24, 2.45) is 0 Å². The van der Waals surface area contributed by atoms with Crippen LogP contribution in [0.5, 0.6) is 0 Å². The van der Waals surface area contributed by atoms with Crippen LogP contribution in [0, 0.1) is 6.92 Å². The number of rotatable bonds is 8. The van der Waals surface area contributed by atoms with Crippen LogP contribution in [0.2, 0.25) is 0 Å². The molecule has 0 aliphatic heterocycles. The SMILES string of the molecule is CCCCc1nc(C)c(C(=O)NC(C)c2cccc(NC(=O)c3ccccc3)c2)s1. The van der Waals surface area contributed by atoms with Gasteiger partial charge in [-0.05, 0) is 56.5 Å². The van der Waals surface area contributed by atoms with E-state index < -0.39 is 0 Å². The van der Waals surface area contributed by atoms with Crippen molar-refractivity contribution in [3.63, 3.8) is 0 Å². The van der Waals surface area contributed by atoms with Crippen molar-refractivity contribution >= 4 is 28.8 Å². The van der Waals surface area contributed by atoms with Crippen molar-refractivity contribution in [1.82, 2.24) is 10.3 Å². The molecule has 2 amide bonds. The quantitative estimate of drug-likeness (QED) is 0.502. The first kappa shape index (κ1) is 21.7. The molecule has 1 heterocycles. The number of carbonyl (C=O) groups excluding carboxylic acids is 2. The second-order valence-electron chi connectivity index (χ2n) is 7.27. The third-order valence-electron chi connectivity index (χ3n) is 4.82. The lowest BCUT2D eigenvalue weighted by molar-refractivity contribution is 0.0942. The van der Waals surface area contributed by atoms with Gasteiger partial charge in [0.25, 0.3) is 11.8 Å². The minimum atomic E-state index is -0.202. The molecule has 3 aromatic rings. The predicted molar refractivity (Wildman–Crippen MR) is 122 cm³/mol. The maximum atomic E-state index is 12.8. The van der Waals surface area contributed by atoms with Crippen LogP contribution in [-0.2, 0) is 6.42 Å². The van der Waals surface area contributed by atoms with Gasteiger partial charge < -0.3 is 10.6 Å². The van der Waals surface area contributed by atoms with Crippen molar-refractivity contribution < 1.29 is 9.59 Å². The van der Waals surface area contributed by atoms with Gasteiger partial charge in [-0.3, -0.25) is 9.59 Å². The largest absolute Gasteiger partial charge is 0.345 e. The average Bonchev–Trinajstić information content (AvgIpc) is 3.13. The Hall–Kier alpha value is -2.99. The summed E-state index contributed by atoms with van der Waals surface area (Å²) in [6, 6.07) is 16.4. The van der Waals surface area contributed by atoms with E-state index in [0.717, 1.165) is 35.5 Å². The van der Waals surface area contributed by atoms with Gasteiger partial charge >= 0.3 is 0 Å². The van der Waals surface area contributed by atoms with Gasteiger partial charge in [-0.15, -0.1) is 11.3 Å². The number of nitrogens with one attached hydrogen (secondary N) is 2. The minimum Gasteiger partial charge on any atom is -0.345 e. The highest BCUT2D eigenvalue weighted by atomic mass is 32.1. The van der Waals surface area contributed by atoms with Crippen LogP contribution >= 0.6 is 11.3 Å². The summed E-state index contributed by atoms with van der Waals surface area (Å²) >= 11 is 1.47. The van der Waals surface area contributed by atoms with Crippen molar-refractivity contribution in [3.05, 3.63) is 81.3 Å². The molecule has 0 aliphatic carbocycles. The average molecular weight is 422 g/mol. The first-order valence-corrected chi connectivity index (χ1v) is 11.0. The van der Waals surface area contributed by atoms with Crippen LogP contribution in [0.4, 0.5) is 5.69 Å². The highest BCUT2D eigenvalue weighted by Gasteiger charge is 2.18. The van der Waals surface area contributed by atoms with E-state index >= 15 is 0 Å². The second kappa shape index (κ2) is 10.2. The number of carbonyl (C=O) groups is 2. The predicted octanol–water partition coefficient (Wildman–Crippen LogP) is 5.54. The number of aromatic nitrogens is 1. The van der Waals surface area contributed by atoms with E-state index in [1.807, 2.05) is 56.3 Å². The lowest BCUT2D eigenvalue weighted by atomic mass is 10.1. The number of hydrogen-bond donors (Lipinski definition) is 2. The van der Waals surface area contributed by atoms with E-state index in [0.29, 0.717) is 16.1 Å². The summed E-state index contributed by atoms with van der Waals surface area (Å²) in [7, 11) is 0. The molecule has 6 heteroatoms. The molecule has 1 unspecified atom stereocenters. The molecule has 0 bridgehead atoms. The molecule has 3 rings (SSSR count). The number of aryl methyl sites for hydroxylation is 2. The summed E-state index contributed by atoms with van der Waals surface area (Å²) in [5.41, 5.74) is 2.99. The topological polar surface area (TPSA) is 71.1 Å². The van der Waals surface area contributed by atoms with Crippen molar-refractivity contribution in [1.29, 1.82) is 0 Å². The maximum Gasteiger partial charge on any atom is 0.263 e. The molecule has 2 aromatic carbocycles. The van der Waals surface area contributed by atoms with Crippen molar-refractivity contribution in [3.8, 4) is 0 Å². The zero-order valence-corrected chi connectivity index (χ0v) is 18.4. The third-order valence-corrected chi connectivity index (χ3v) is 6.04. The van der Waals surface area contributed by atoms with Gasteiger partial charge in [0.1, 0.15) is 4.88 Å². The standard InChI is InChI=1S/C24H27N3O2S/c1-4-5-14-21-25-17(3)22(30-21)24(29)26-16(2)19-12-9-13-20(15-19)27-23(28)18-10-7-6-8-11-18/h6-13,15-16H,4-5,14H2,1-3H3,(H,26,29)(H,27,28). The Balaban J connectivity index is 1.66. The fourth-order valence-corrected chi connectivity index (χ4v) is 4.13. The molecular weight excluding hydrogens is 394 g/mol. The zero-order chi connectivity index (χ0) is 21.5. The molecule has 156 valence electrons. The summed E-state index contributed by atoms with van der Waals surface area (Å²) in [4.78, 5) is 30.4. The summed E-state index contributed by atoms with van der Waals surface area (Å²) < 4.78 is 0. The smallest absolute Gasteiger partial charge is 0.263 e. The maximum absolute atomic E-state index is 12.8. The molecule has 0 saturated heterocycles. The van der Waals surface area contributed by atoms with Gasteiger partial charge in [-0.2, -0.15) is 0 Å². The number of nitrogens with zero attached hydrogens (tertiary/aromatic N) is 1. The molecule has 1 atom stereocenters. The summed E-state index contributed by atoms with van der Waals surface area (Å²) in [6.45, 7) is 5.96. The molecule has 1 aromatic heterocycles. The van der Waals surface area contributed by atoms with Gasteiger partial charge in [0.2, 0.25) is 0 Å². The molecule has 0 radical (unpaired) electrons. The summed E-state index contributed by atoms with van der Waals surface area (Å²) in [5.74, 6) is -0.275. The van der Waals surface area contributed by atoms with Crippen LogP contribution < -0.4 is 10.6 Å². The highest BCUT2D eigenvalue weighted by Crippen LogP contribution is 2.22. The third kappa shape index (κ3) is 5.54. The number of amides is 2. The lowest BCUT2D eigenvalue weighted by Gasteiger charge is -2.15. The van der Waals surface area contributed by atoms with Gasteiger partial charge in [0.05, 0.1) is 16.7 Å². The second-order valence-corrected chi connectivity index (χ2v) is 8.35. The Morgan fingerprint density at radius 1 is 1.07 bits per heavy atom. The van der Waals surface area contributed by atoms with E-state index in [-0.39, 0.29) is 17.9 Å². The molecule has 5 nitrogen and oxygen atoms in total. The molecular formula is C24H27N3O2S. The van der Waals surface area contributed by atoms with Crippen LogP contribution in [0.15, 0.2) is 54.6 Å². The van der Waals surface area contributed by atoms with Gasteiger partial charge in [0, 0.05) is 11.3 Å². The van der Waals surface area contributed by atoms with Crippen LogP contribution in [0.1, 0.15) is 69.0 Å². The van der Waals surface area contributed by atoms with E-state index in [1.54, 1.807) is 12.1 Å². The van der Waals surface area contributed by atoms with Crippen LogP contribution in [0.3, 0.4) is 0 Å². The zero-order valence-electron chi connectivity index (χ0n) is 17.6. The number of hydrogen-bond acceptors (Lipinski definition) is 4. The van der Waals surface area contributed by atoms with Crippen LogP contribution in [0.25, 0.3) is 0 Å². The first-order valence-electron chi connectivity index (χ1n) is 10.2. The number of unbranched alkanes of at least 4 members (excludes halogenated alkanes) is 1. The summed E-state index contributed by atoms with van der Waals surface area (Å²) in [5, 5.41) is 6.98. The molecule has 0 aliphatic rings. The molecule has 0 saturated carbocycles. The first-order chi connectivity index (χ1) is 14.5. The lowest BCUT2D eigenvalue weighted by Crippen LogP contribution is -2.26. The fraction of sp³-hybridized carbons (Fsp3) is 0.292. The van der Waals surface area contributed by atoms with E-state index in [2.05, 4.69) is 22.5 Å². The number of benzene rings is 2. The Morgan fingerprint density at radius 2 is 1.83 bits per heavy atom. The fourth-order valence-electron chi connectivity index (χ4n) is 3.12. The molecule has 30 heavy (non-hydrogen) atoms. The van der Waals surface area contributed by atoms with Gasteiger partial charge in [-0.25, -0.2) is 4.98 Å². The number of thiazole rings is 1. The van der Waals surface area contributed by atoms with Crippen LogP contribution in [-0.4, -0.2) is 16.8 Å². The van der Waals surface area contributed by atoms with Crippen molar-refractivity contribution in [2.75, 3.05) is 5.32 Å². The monoisotopic (exact) mass is 421 g/mol. The van der Waals surface area contributed by atoms with Gasteiger partial charge in [0.15, 0.2) is 0 Å². The Labute approximate surface area is 181 Å². The molecule has 0 spiro atoms. The molecule has 0 fully saturated rings. The van der Waals surface area contributed by atoms with E-state index in [9.17, 15) is 9.59 Å². The normalized spacial score (nSPS) is 11.7.